The molecule has 1 aliphatic carbocycles. The van der Waals surface area contributed by atoms with Crippen molar-refractivity contribution in [2.45, 2.75) is 25.8 Å². The molecule has 0 aromatic heterocycles. The SMILES string of the molecule is CC(N)c1ccc(OCC(=O)NCC2CC2)c(F)c1. The van der Waals surface area contributed by atoms with Crippen molar-refractivity contribution in [2.24, 2.45) is 11.7 Å². The van der Waals surface area contributed by atoms with Crippen LogP contribution < -0.4 is 15.8 Å². The second-order valence-electron chi connectivity index (χ2n) is 5.01. The molecule has 5 heteroatoms. The number of hydrogen-bond acceptors (Lipinski definition) is 3. The minimum Gasteiger partial charge on any atom is -0.481 e. The maximum atomic E-state index is 13.7. The molecule has 3 N–H and O–H groups in total. The van der Waals surface area contributed by atoms with Crippen LogP contribution in [-0.4, -0.2) is 19.1 Å². The van der Waals surface area contributed by atoms with Crippen LogP contribution in [0.25, 0.3) is 0 Å². The van der Waals surface area contributed by atoms with Gasteiger partial charge in [0.05, 0.1) is 0 Å². The Morgan fingerprint density at radius 1 is 1.58 bits per heavy atom. The lowest BCUT2D eigenvalue weighted by Crippen LogP contribution is -2.30. The van der Waals surface area contributed by atoms with Crippen molar-refractivity contribution < 1.29 is 13.9 Å². The third-order valence-corrected chi connectivity index (χ3v) is 3.13. The maximum Gasteiger partial charge on any atom is 0.257 e. The molecule has 1 aliphatic rings. The van der Waals surface area contributed by atoms with E-state index in [1.54, 1.807) is 13.0 Å². The molecule has 19 heavy (non-hydrogen) atoms. The van der Waals surface area contributed by atoms with E-state index in [-0.39, 0.29) is 24.3 Å². The quantitative estimate of drug-likeness (QED) is 0.824. The third kappa shape index (κ3) is 4.21. The number of ether oxygens (including phenoxy) is 1. The molecule has 0 heterocycles. The lowest BCUT2D eigenvalue weighted by molar-refractivity contribution is -0.123. The zero-order valence-corrected chi connectivity index (χ0v) is 11.0. The average Bonchev–Trinajstić information content (AvgIpc) is 3.18. The summed E-state index contributed by atoms with van der Waals surface area (Å²) in [6.07, 6.45) is 2.35. The normalized spacial score (nSPS) is 15.9. The van der Waals surface area contributed by atoms with Crippen LogP contribution in [0.2, 0.25) is 0 Å². The lowest BCUT2D eigenvalue weighted by Gasteiger charge is -2.10. The molecule has 2 rings (SSSR count). The van der Waals surface area contributed by atoms with Gasteiger partial charge in [-0.1, -0.05) is 6.07 Å². The van der Waals surface area contributed by atoms with Crippen molar-refractivity contribution in [2.75, 3.05) is 13.2 Å². The summed E-state index contributed by atoms with van der Waals surface area (Å²) < 4.78 is 18.8. The number of nitrogens with one attached hydrogen (secondary N) is 1. The smallest absolute Gasteiger partial charge is 0.257 e. The van der Waals surface area contributed by atoms with Crippen LogP contribution >= 0.6 is 0 Å². The summed E-state index contributed by atoms with van der Waals surface area (Å²) in [5, 5.41) is 2.76. The van der Waals surface area contributed by atoms with Gasteiger partial charge in [-0.2, -0.15) is 0 Å². The van der Waals surface area contributed by atoms with Crippen LogP contribution in [-0.2, 0) is 4.79 Å². The molecule has 1 fully saturated rings. The van der Waals surface area contributed by atoms with Crippen LogP contribution in [0.4, 0.5) is 4.39 Å². The van der Waals surface area contributed by atoms with E-state index in [2.05, 4.69) is 5.32 Å². The summed E-state index contributed by atoms with van der Waals surface area (Å²) in [6.45, 7) is 2.30. The Kier molecular flexibility index (Phi) is 4.37. The Bertz CT molecular complexity index is 459. The van der Waals surface area contributed by atoms with Gasteiger partial charge in [0.1, 0.15) is 0 Å². The zero-order chi connectivity index (χ0) is 13.8. The van der Waals surface area contributed by atoms with E-state index in [0.29, 0.717) is 18.0 Å². The van der Waals surface area contributed by atoms with Crippen molar-refractivity contribution in [1.29, 1.82) is 0 Å². The Balaban J connectivity index is 1.82. The largest absolute Gasteiger partial charge is 0.481 e. The number of nitrogens with two attached hydrogens (primary N) is 1. The molecule has 1 unspecified atom stereocenters. The number of benzene rings is 1. The predicted octanol–water partition coefficient (Wildman–Crippen LogP) is 1.75. The van der Waals surface area contributed by atoms with Crippen LogP contribution in [0.1, 0.15) is 31.4 Å². The minimum atomic E-state index is -0.496. The highest BCUT2D eigenvalue weighted by Gasteiger charge is 2.21. The molecule has 1 amide bonds. The first-order chi connectivity index (χ1) is 9.06. The lowest BCUT2D eigenvalue weighted by atomic mass is 10.1. The number of rotatable bonds is 6. The van der Waals surface area contributed by atoms with E-state index < -0.39 is 5.82 Å². The van der Waals surface area contributed by atoms with Gasteiger partial charge >= 0.3 is 0 Å². The summed E-state index contributed by atoms with van der Waals surface area (Å²) in [7, 11) is 0. The highest BCUT2D eigenvalue weighted by atomic mass is 19.1. The number of hydrogen-bond donors (Lipinski definition) is 2. The van der Waals surface area contributed by atoms with Gasteiger partial charge < -0.3 is 15.8 Å². The molecule has 4 nitrogen and oxygen atoms in total. The van der Waals surface area contributed by atoms with Crippen molar-refractivity contribution in [3.05, 3.63) is 29.6 Å². The number of carbonyl (C=O) groups excluding carboxylic acids is 1. The van der Waals surface area contributed by atoms with Gasteiger partial charge in [0.25, 0.3) is 5.91 Å². The topological polar surface area (TPSA) is 64.3 Å². The summed E-state index contributed by atoms with van der Waals surface area (Å²) in [5.74, 6) is -0.0238. The molecule has 1 saturated carbocycles. The highest BCUT2D eigenvalue weighted by Crippen LogP contribution is 2.27. The third-order valence-electron chi connectivity index (χ3n) is 3.13. The number of amides is 1. The van der Waals surface area contributed by atoms with Crippen molar-refractivity contribution in [3.63, 3.8) is 0 Å². The molecule has 1 atom stereocenters. The summed E-state index contributed by atoms with van der Waals surface area (Å²) in [4.78, 5) is 11.5. The molecule has 1 aromatic carbocycles. The molecular weight excluding hydrogens is 247 g/mol. The molecule has 0 radical (unpaired) electrons. The predicted molar refractivity (Wildman–Crippen MR) is 70.2 cm³/mol. The first kappa shape index (κ1) is 13.8. The van der Waals surface area contributed by atoms with Crippen molar-refractivity contribution >= 4 is 5.91 Å². The van der Waals surface area contributed by atoms with E-state index in [1.807, 2.05) is 0 Å². The van der Waals surface area contributed by atoms with Crippen LogP contribution in [0.15, 0.2) is 18.2 Å². The summed E-state index contributed by atoms with van der Waals surface area (Å²) in [5.41, 5.74) is 6.35. The number of halogens is 1. The second kappa shape index (κ2) is 6.02. The standard InChI is InChI=1S/C14H19FN2O2/c1-9(16)11-4-5-13(12(15)6-11)19-8-14(18)17-7-10-2-3-10/h4-6,9-10H,2-3,7-8,16H2,1H3,(H,17,18). The fourth-order valence-electron chi connectivity index (χ4n) is 1.69. The van der Waals surface area contributed by atoms with Gasteiger partial charge in [-0.05, 0) is 43.4 Å². The molecule has 0 saturated heterocycles. The Morgan fingerprint density at radius 3 is 2.89 bits per heavy atom. The van der Waals surface area contributed by atoms with E-state index in [4.69, 9.17) is 10.5 Å². The van der Waals surface area contributed by atoms with E-state index >= 15 is 0 Å². The fraction of sp³-hybridized carbons (Fsp3) is 0.500. The van der Waals surface area contributed by atoms with Crippen molar-refractivity contribution in [1.82, 2.24) is 5.32 Å². The zero-order valence-electron chi connectivity index (χ0n) is 11.0. The van der Waals surface area contributed by atoms with E-state index in [1.165, 1.54) is 25.0 Å². The maximum absolute atomic E-state index is 13.7. The Morgan fingerprint density at radius 2 is 2.32 bits per heavy atom. The first-order valence-electron chi connectivity index (χ1n) is 6.51. The van der Waals surface area contributed by atoms with Gasteiger partial charge in [0.15, 0.2) is 18.2 Å². The Hall–Kier alpha value is -1.62. The average molecular weight is 266 g/mol. The van der Waals surface area contributed by atoms with Gasteiger partial charge in [-0.25, -0.2) is 4.39 Å². The summed E-state index contributed by atoms with van der Waals surface area (Å²) in [6, 6.07) is 4.31. The monoisotopic (exact) mass is 266 g/mol. The fourth-order valence-corrected chi connectivity index (χ4v) is 1.69. The number of carbonyl (C=O) groups is 1. The van der Waals surface area contributed by atoms with Gasteiger partial charge in [-0.3, -0.25) is 4.79 Å². The Labute approximate surface area is 112 Å². The molecule has 0 aliphatic heterocycles. The molecule has 104 valence electrons. The molecule has 1 aromatic rings. The highest BCUT2D eigenvalue weighted by molar-refractivity contribution is 5.77. The van der Waals surface area contributed by atoms with Crippen LogP contribution in [0, 0.1) is 11.7 Å². The van der Waals surface area contributed by atoms with Gasteiger partial charge in [0, 0.05) is 12.6 Å². The van der Waals surface area contributed by atoms with Gasteiger partial charge in [-0.15, -0.1) is 0 Å². The molecular formula is C14H19FN2O2. The van der Waals surface area contributed by atoms with Crippen LogP contribution in [0.5, 0.6) is 5.75 Å². The van der Waals surface area contributed by atoms with Crippen molar-refractivity contribution in [3.8, 4) is 5.75 Å². The second-order valence-corrected chi connectivity index (χ2v) is 5.01. The van der Waals surface area contributed by atoms with E-state index in [0.717, 1.165) is 0 Å². The summed E-state index contributed by atoms with van der Waals surface area (Å²) >= 11 is 0. The molecule has 0 bridgehead atoms. The minimum absolute atomic E-state index is 0.0750. The van der Waals surface area contributed by atoms with Crippen LogP contribution in [0.3, 0.4) is 0 Å². The van der Waals surface area contributed by atoms with Gasteiger partial charge in [0.2, 0.25) is 0 Å². The van der Waals surface area contributed by atoms with E-state index in [9.17, 15) is 9.18 Å². The first-order valence-corrected chi connectivity index (χ1v) is 6.51. The molecule has 0 spiro atoms.